The summed E-state index contributed by atoms with van der Waals surface area (Å²) in [5.74, 6) is 0.354. The lowest BCUT2D eigenvalue weighted by Gasteiger charge is -2.19. The average Bonchev–Trinajstić information content (AvgIpc) is 3.50. The molecule has 0 saturated carbocycles. The number of thiazole rings is 1. The molecule has 2 heterocycles. The van der Waals surface area contributed by atoms with Crippen molar-refractivity contribution >= 4 is 40.0 Å². The number of carbonyl (C=O) groups is 2. The van der Waals surface area contributed by atoms with Crippen molar-refractivity contribution in [3.63, 3.8) is 0 Å². The van der Waals surface area contributed by atoms with Crippen molar-refractivity contribution in [2.75, 3.05) is 11.1 Å². The van der Waals surface area contributed by atoms with Crippen LogP contribution < -0.4 is 10.6 Å². The number of carbonyl (C=O) groups excluding carboxylic acids is 2. The molecule has 2 aromatic carbocycles. The number of amides is 2. The van der Waals surface area contributed by atoms with Gasteiger partial charge in [0.05, 0.1) is 12.3 Å². The second-order valence-corrected chi connectivity index (χ2v) is 11.1. The number of hydrogen-bond acceptors (Lipinski definition) is 7. The highest BCUT2D eigenvalue weighted by Crippen LogP contribution is 2.24. The van der Waals surface area contributed by atoms with E-state index in [1.54, 1.807) is 11.6 Å². The van der Waals surface area contributed by atoms with Gasteiger partial charge in [-0.15, -0.1) is 21.5 Å². The molecule has 0 aliphatic rings. The number of benzene rings is 2. The molecule has 0 aliphatic heterocycles. The Morgan fingerprint density at radius 2 is 1.86 bits per heavy atom. The molecule has 4 aromatic rings. The number of nitrogens with zero attached hydrogens (tertiary/aromatic N) is 4. The summed E-state index contributed by atoms with van der Waals surface area (Å²) < 4.78 is 1.87. The van der Waals surface area contributed by atoms with E-state index in [4.69, 9.17) is 0 Å². The summed E-state index contributed by atoms with van der Waals surface area (Å²) in [5, 5.41) is 17.3. The van der Waals surface area contributed by atoms with Gasteiger partial charge in [-0.1, -0.05) is 56.8 Å². The van der Waals surface area contributed by atoms with E-state index in [1.807, 2.05) is 60.0 Å². The number of nitrogens with one attached hydrogen (secondary N) is 2. The zero-order chi connectivity index (χ0) is 25.7. The lowest BCUT2D eigenvalue weighted by Crippen LogP contribution is -2.25. The predicted octanol–water partition coefficient (Wildman–Crippen LogP) is 4.99. The first-order valence-electron chi connectivity index (χ1n) is 11.4. The van der Waals surface area contributed by atoms with Crippen LogP contribution in [0.1, 0.15) is 48.1 Å². The van der Waals surface area contributed by atoms with Crippen LogP contribution in [0, 0.1) is 6.92 Å². The van der Waals surface area contributed by atoms with Gasteiger partial charge in [-0.05, 0) is 47.7 Å². The molecular weight excluding hydrogens is 492 g/mol. The fourth-order valence-corrected chi connectivity index (χ4v) is 4.80. The van der Waals surface area contributed by atoms with Gasteiger partial charge in [-0.25, -0.2) is 4.98 Å². The maximum Gasteiger partial charge on any atom is 0.251 e. The van der Waals surface area contributed by atoms with Crippen LogP contribution in [0.5, 0.6) is 0 Å². The molecule has 186 valence electrons. The fraction of sp³-hybridized carbons (Fsp3) is 0.269. The summed E-state index contributed by atoms with van der Waals surface area (Å²) in [6.07, 6.45) is 1.64. The van der Waals surface area contributed by atoms with E-state index in [2.05, 4.69) is 46.6 Å². The highest BCUT2D eigenvalue weighted by Gasteiger charge is 2.18. The molecule has 2 amide bonds. The number of aromatic nitrogens is 4. The third-order valence-electron chi connectivity index (χ3n) is 5.39. The van der Waals surface area contributed by atoms with Crippen molar-refractivity contribution in [2.45, 2.75) is 44.8 Å². The topological polar surface area (TPSA) is 102 Å². The molecule has 0 fully saturated rings. The second kappa shape index (κ2) is 11.0. The summed E-state index contributed by atoms with van der Waals surface area (Å²) in [6, 6.07) is 15.6. The van der Waals surface area contributed by atoms with Gasteiger partial charge in [-0.2, -0.15) is 0 Å². The lowest BCUT2D eigenvalue weighted by atomic mass is 9.87. The molecule has 0 unspecified atom stereocenters. The monoisotopic (exact) mass is 520 g/mol. The molecule has 2 aromatic heterocycles. The molecule has 0 spiro atoms. The Labute approximate surface area is 218 Å². The normalized spacial score (nSPS) is 11.3. The first-order valence-corrected chi connectivity index (χ1v) is 13.3. The molecule has 4 rings (SSSR count). The number of thioether (sulfide) groups is 1. The minimum absolute atomic E-state index is 0.0183. The van der Waals surface area contributed by atoms with Crippen molar-refractivity contribution in [2.24, 2.45) is 0 Å². The Hall–Kier alpha value is -3.50. The van der Waals surface area contributed by atoms with Crippen molar-refractivity contribution in [1.82, 2.24) is 25.1 Å². The third-order valence-corrected chi connectivity index (χ3v) is 7.01. The van der Waals surface area contributed by atoms with E-state index in [1.165, 1.54) is 28.7 Å². The number of aryl methyl sites for hydroxylation is 1. The van der Waals surface area contributed by atoms with Crippen LogP contribution >= 0.6 is 23.1 Å². The highest BCUT2D eigenvalue weighted by molar-refractivity contribution is 7.99. The van der Waals surface area contributed by atoms with E-state index in [0.29, 0.717) is 21.7 Å². The molecule has 0 radical (unpaired) electrons. The maximum atomic E-state index is 12.8. The molecule has 8 nitrogen and oxygen atoms in total. The van der Waals surface area contributed by atoms with Crippen molar-refractivity contribution in [3.8, 4) is 5.69 Å². The highest BCUT2D eigenvalue weighted by atomic mass is 32.2. The Morgan fingerprint density at radius 3 is 2.53 bits per heavy atom. The summed E-state index contributed by atoms with van der Waals surface area (Å²) in [4.78, 5) is 29.3. The predicted molar refractivity (Wildman–Crippen MR) is 144 cm³/mol. The van der Waals surface area contributed by atoms with Crippen LogP contribution in [-0.4, -0.2) is 37.3 Å². The second-order valence-electron chi connectivity index (χ2n) is 9.26. The van der Waals surface area contributed by atoms with E-state index in [9.17, 15) is 9.59 Å². The van der Waals surface area contributed by atoms with Crippen LogP contribution in [0.4, 0.5) is 5.13 Å². The van der Waals surface area contributed by atoms with Crippen molar-refractivity contribution in [1.29, 1.82) is 0 Å². The van der Waals surface area contributed by atoms with Gasteiger partial charge in [0.2, 0.25) is 5.91 Å². The molecule has 2 N–H and O–H groups in total. The van der Waals surface area contributed by atoms with Gasteiger partial charge in [0.25, 0.3) is 5.91 Å². The lowest BCUT2D eigenvalue weighted by molar-refractivity contribution is -0.113. The van der Waals surface area contributed by atoms with Crippen molar-refractivity contribution in [3.05, 3.63) is 82.6 Å². The van der Waals surface area contributed by atoms with E-state index in [0.717, 1.165) is 11.3 Å². The van der Waals surface area contributed by atoms with E-state index < -0.39 is 0 Å². The van der Waals surface area contributed by atoms with Gasteiger partial charge in [0.1, 0.15) is 0 Å². The van der Waals surface area contributed by atoms with Gasteiger partial charge in [0.15, 0.2) is 16.1 Å². The molecule has 0 aliphatic carbocycles. The van der Waals surface area contributed by atoms with Gasteiger partial charge >= 0.3 is 0 Å². The number of hydrogen-bond donors (Lipinski definition) is 2. The summed E-state index contributed by atoms with van der Waals surface area (Å²) in [6.45, 7) is 8.60. The van der Waals surface area contributed by atoms with E-state index >= 15 is 0 Å². The smallest absolute Gasteiger partial charge is 0.251 e. The minimum atomic E-state index is -0.189. The minimum Gasteiger partial charge on any atom is -0.345 e. The fourth-order valence-electron chi connectivity index (χ4n) is 3.49. The number of anilines is 1. The number of rotatable bonds is 8. The molecular formula is C26H28N6O2S2. The largest absolute Gasteiger partial charge is 0.345 e. The third kappa shape index (κ3) is 6.38. The SMILES string of the molecule is Cc1cccc(-n2c(CNC(=O)c3ccc(C(C)(C)C)cc3)nnc2SCC(=O)Nc2nccs2)c1. The Bertz CT molecular complexity index is 1340. The van der Waals surface area contributed by atoms with Crippen LogP contribution in [0.15, 0.2) is 65.3 Å². The van der Waals surface area contributed by atoms with Crippen LogP contribution in [0.2, 0.25) is 0 Å². The van der Waals surface area contributed by atoms with Crippen LogP contribution in [0.3, 0.4) is 0 Å². The summed E-state index contributed by atoms with van der Waals surface area (Å²) in [5.41, 5.74) is 3.70. The summed E-state index contributed by atoms with van der Waals surface area (Å²) in [7, 11) is 0. The Balaban J connectivity index is 1.49. The van der Waals surface area contributed by atoms with Crippen molar-refractivity contribution < 1.29 is 9.59 Å². The molecule has 36 heavy (non-hydrogen) atoms. The zero-order valence-corrected chi connectivity index (χ0v) is 22.2. The molecule has 0 atom stereocenters. The van der Waals surface area contributed by atoms with Crippen LogP contribution in [-0.2, 0) is 16.8 Å². The van der Waals surface area contributed by atoms with Gasteiger partial charge < -0.3 is 10.6 Å². The summed E-state index contributed by atoms with van der Waals surface area (Å²) >= 11 is 2.64. The van der Waals surface area contributed by atoms with Gasteiger partial charge in [-0.3, -0.25) is 14.2 Å². The Kier molecular flexibility index (Phi) is 7.85. The quantitative estimate of drug-likeness (QED) is 0.317. The zero-order valence-electron chi connectivity index (χ0n) is 20.6. The van der Waals surface area contributed by atoms with Gasteiger partial charge in [0, 0.05) is 22.8 Å². The average molecular weight is 521 g/mol. The Morgan fingerprint density at radius 1 is 1.08 bits per heavy atom. The maximum absolute atomic E-state index is 12.8. The first-order chi connectivity index (χ1) is 17.2. The first kappa shape index (κ1) is 25.6. The molecule has 0 saturated heterocycles. The standard InChI is InChI=1S/C26H28N6O2S2/c1-17-6-5-7-20(14-17)32-21(15-28-23(34)18-8-10-19(11-9-18)26(2,3)4)30-31-25(32)36-16-22(33)29-24-27-12-13-35-24/h5-14H,15-16H2,1-4H3,(H,28,34)(H,27,29,33). The van der Waals surface area contributed by atoms with Crippen LogP contribution in [0.25, 0.3) is 5.69 Å². The molecule has 0 bridgehead atoms. The van der Waals surface area contributed by atoms with E-state index in [-0.39, 0.29) is 29.5 Å². The molecule has 10 heteroatoms.